The molecule has 0 aliphatic carbocycles. The maximum Gasteiger partial charge on any atom is 0.134 e. The van der Waals surface area contributed by atoms with Crippen LogP contribution in [0.3, 0.4) is 0 Å². The molecule has 0 fully saturated rings. The van der Waals surface area contributed by atoms with E-state index >= 15 is 0 Å². The molecular weight excluding hydrogens is 278 g/mol. The zero-order chi connectivity index (χ0) is 15.7. The smallest absolute Gasteiger partial charge is 0.134 e. The first kappa shape index (κ1) is 14.9. The van der Waals surface area contributed by atoms with Gasteiger partial charge in [-0.2, -0.15) is 0 Å². The highest BCUT2D eigenvalue weighted by molar-refractivity contribution is 5.79. The average molecular weight is 299 g/mol. The van der Waals surface area contributed by atoms with Crippen molar-refractivity contribution in [2.45, 2.75) is 32.9 Å². The van der Waals surface area contributed by atoms with Crippen molar-refractivity contribution in [3.8, 4) is 0 Å². The van der Waals surface area contributed by atoms with Crippen LogP contribution >= 0.6 is 0 Å². The fraction of sp³-hybridized carbons (Fsp3) is 0.333. The maximum absolute atomic E-state index is 10.0. The quantitative estimate of drug-likeness (QED) is 0.747. The number of furan rings is 2. The van der Waals surface area contributed by atoms with E-state index in [9.17, 15) is 5.11 Å². The topological polar surface area (TPSA) is 58.5 Å². The number of aliphatic hydroxyl groups excluding tert-OH is 1. The largest absolute Gasteiger partial charge is 0.467 e. The van der Waals surface area contributed by atoms with E-state index in [0.717, 1.165) is 16.7 Å². The second-order valence-corrected chi connectivity index (χ2v) is 5.78. The minimum atomic E-state index is -0.661. The second-order valence-electron chi connectivity index (χ2n) is 5.78. The second kappa shape index (κ2) is 5.99. The van der Waals surface area contributed by atoms with Crippen molar-refractivity contribution in [1.82, 2.24) is 5.32 Å². The summed E-state index contributed by atoms with van der Waals surface area (Å²) in [5, 5.41) is 14.4. The van der Waals surface area contributed by atoms with Crippen molar-refractivity contribution in [2.75, 3.05) is 6.54 Å². The van der Waals surface area contributed by atoms with Gasteiger partial charge in [-0.05, 0) is 62.2 Å². The van der Waals surface area contributed by atoms with E-state index in [1.807, 2.05) is 6.92 Å². The number of fused-ring (bicyclic) bond motifs is 1. The van der Waals surface area contributed by atoms with Crippen LogP contribution in [0.25, 0.3) is 11.0 Å². The molecule has 3 aromatic rings. The van der Waals surface area contributed by atoms with Crippen molar-refractivity contribution >= 4 is 11.0 Å². The summed E-state index contributed by atoms with van der Waals surface area (Å²) in [5.74, 6) is 1.43. The summed E-state index contributed by atoms with van der Waals surface area (Å²) >= 11 is 0. The molecule has 2 aromatic heterocycles. The molecule has 4 nitrogen and oxygen atoms in total. The average Bonchev–Trinajstić information content (AvgIpc) is 3.14. The lowest BCUT2D eigenvalue weighted by Crippen LogP contribution is -2.24. The molecule has 2 N–H and O–H groups in total. The predicted molar refractivity (Wildman–Crippen MR) is 85.8 cm³/mol. The summed E-state index contributed by atoms with van der Waals surface area (Å²) in [5.41, 5.74) is 3.38. The fourth-order valence-electron chi connectivity index (χ4n) is 2.51. The van der Waals surface area contributed by atoms with Gasteiger partial charge in [0.05, 0.1) is 12.3 Å². The Balaban J connectivity index is 1.71. The molecule has 4 heteroatoms. The minimum absolute atomic E-state index is 0.0117. The van der Waals surface area contributed by atoms with Gasteiger partial charge in [-0.3, -0.25) is 0 Å². The highest BCUT2D eigenvalue weighted by atomic mass is 16.4. The Morgan fingerprint density at radius 1 is 1.14 bits per heavy atom. The molecule has 0 spiro atoms. The zero-order valence-corrected chi connectivity index (χ0v) is 13.1. The number of aryl methyl sites for hydroxylation is 2. The number of benzene rings is 1. The molecular formula is C18H21NO3. The van der Waals surface area contributed by atoms with Crippen LogP contribution in [0.5, 0.6) is 0 Å². The fourth-order valence-corrected chi connectivity index (χ4v) is 2.51. The van der Waals surface area contributed by atoms with Crippen LogP contribution in [-0.2, 0) is 0 Å². The SMILES string of the molecule is Cc1cc2cc(C(C)NCC(O)c3ccco3)oc2cc1C. The molecule has 0 aliphatic rings. The molecule has 0 radical (unpaired) electrons. The van der Waals surface area contributed by atoms with E-state index in [2.05, 4.69) is 37.4 Å². The van der Waals surface area contributed by atoms with Gasteiger partial charge in [0.2, 0.25) is 0 Å². The molecule has 3 rings (SSSR count). The van der Waals surface area contributed by atoms with Gasteiger partial charge in [0.25, 0.3) is 0 Å². The lowest BCUT2D eigenvalue weighted by Gasteiger charge is -2.14. The Labute approximate surface area is 129 Å². The van der Waals surface area contributed by atoms with Crippen LogP contribution in [0.15, 0.2) is 45.4 Å². The van der Waals surface area contributed by atoms with Crippen LogP contribution in [0.1, 0.15) is 41.7 Å². The van der Waals surface area contributed by atoms with Crippen LogP contribution in [0.4, 0.5) is 0 Å². The first-order valence-electron chi connectivity index (χ1n) is 7.50. The molecule has 2 unspecified atom stereocenters. The maximum atomic E-state index is 10.0. The molecule has 0 saturated heterocycles. The molecule has 2 heterocycles. The van der Waals surface area contributed by atoms with Crippen LogP contribution < -0.4 is 5.32 Å². The molecule has 0 bridgehead atoms. The summed E-state index contributed by atoms with van der Waals surface area (Å²) in [7, 11) is 0. The molecule has 2 atom stereocenters. The van der Waals surface area contributed by atoms with E-state index < -0.39 is 6.10 Å². The van der Waals surface area contributed by atoms with Gasteiger partial charge in [-0.1, -0.05) is 0 Å². The molecule has 0 amide bonds. The molecule has 0 saturated carbocycles. The normalized spacial score (nSPS) is 14.4. The number of aliphatic hydroxyl groups is 1. The van der Waals surface area contributed by atoms with Crippen molar-refractivity contribution in [3.63, 3.8) is 0 Å². The Morgan fingerprint density at radius 3 is 2.64 bits per heavy atom. The Morgan fingerprint density at radius 2 is 1.91 bits per heavy atom. The number of rotatable bonds is 5. The van der Waals surface area contributed by atoms with Crippen molar-refractivity contribution in [3.05, 3.63) is 59.2 Å². The van der Waals surface area contributed by atoms with Crippen molar-refractivity contribution < 1.29 is 13.9 Å². The number of hydrogen-bond acceptors (Lipinski definition) is 4. The molecule has 1 aromatic carbocycles. The van der Waals surface area contributed by atoms with Crippen LogP contribution in [-0.4, -0.2) is 11.7 Å². The first-order valence-corrected chi connectivity index (χ1v) is 7.50. The number of nitrogens with one attached hydrogen (secondary N) is 1. The Kier molecular flexibility index (Phi) is 4.05. The van der Waals surface area contributed by atoms with E-state index in [4.69, 9.17) is 8.83 Å². The van der Waals surface area contributed by atoms with E-state index in [1.165, 1.54) is 11.1 Å². The van der Waals surface area contributed by atoms with Crippen LogP contribution in [0.2, 0.25) is 0 Å². The predicted octanol–water partition coefficient (Wildman–Crippen LogP) is 4.03. The van der Waals surface area contributed by atoms with Gasteiger partial charge in [-0.25, -0.2) is 0 Å². The van der Waals surface area contributed by atoms with E-state index in [-0.39, 0.29) is 6.04 Å². The van der Waals surface area contributed by atoms with Crippen molar-refractivity contribution in [2.24, 2.45) is 0 Å². The minimum Gasteiger partial charge on any atom is -0.467 e. The lowest BCUT2D eigenvalue weighted by atomic mass is 10.1. The summed E-state index contributed by atoms with van der Waals surface area (Å²) in [6, 6.07) is 9.81. The van der Waals surface area contributed by atoms with Crippen molar-refractivity contribution in [1.29, 1.82) is 0 Å². The third-order valence-corrected chi connectivity index (χ3v) is 4.07. The lowest BCUT2D eigenvalue weighted by molar-refractivity contribution is 0.143. The zero-order valence-electron chi connectivity index (χ0n) is 13.1. The summed E-state index contributed by atoms with van der Waals surface area (Å²) < 4.78 is 11.1. The third-order valence-electron chi connectivity index (χ3n) is 4.07. The van der Waals surface area contributed by atoms with E-state index in [1.54, 1.807) is 18.4 Å². The monoisotopic (exact) mass is 299 g/mol. The first-order chi connectivity index (χ1) is 10.5. The van der Waals surface area contributed by atoms with Gasteiger partial charge in [-0.15, -0.1) is 0 Å². The summed E-state index contributed by atoms with van der Waals surface area (Å²) in [6.07, 6.45) is 0.901. The van der Waals surface area contributed by atoms with Gasteiger partial charge in [0, 0.05) is 11.9 Å². The highest BCUT2D eigenvalue weighted by Crippen LogP contribution is 2.26. The van der Waals surface area contributed by atoms with Gasteiger partial charge < -0.3 is 19.3 Å². The third kappa shape index (κ3) is 2.93. The molecule has 116 valence electrons. The van der Waals surface area contributed by atoms with Gasteiger partial charge in [0.1, 0.15) is 23.2 Å². The summed E-state index contributed by atoms with van der Waals surface area (Å²) in [4.78, 5) is 0. The Bertz CT molecular complexity index is 719. The van der Waals surface area contributed by atoms with E-state index in [0.29, 0.717) is 12.3 Å². The van der Waals surface area contributed by atoms with Crippen LogP contribution in [0, 0.1) is 13.8 Å². The van der Waals surface area contributed by atoms with Gasteiger partial charge >= 0.3 is 0 Å². The molecule has 22 heavy (non-hydrogen) atoms. The molecule has 0 aliphatic heterocycles. The summed E-state index contributed by atoms with van der Waals surface area (Å²) in [6.45, 7) is 6.61. The van der Waals surface area contributed by atoms with Gasteiger partial charge in [0.15, 0.2) is 0 Å². The standard InChI is InChI=1S/C18H21NO3/c1-11-7-14-9-17(22-18(14)8-12(11)2)13(3)19-10-15(20)16-5-4-6-21-16/h4-9,13,15,19-20H,10H2,1-3H3. The number of hydrogen-bond donors (Lipinski definition) is 2. The highest BCUT2D eigenvalue weighted by Gasteiger charge is 2.15. The Hall–Kier alpha value is -2.04.